The van der Waals surface area contributed by atoms with Crippen LogP contribution in [0.3, 0.4) is 0 Å². The van der Waals surface area contributed by atoms with Crippen molar-refractivity contribution in [2.45, 2.75) is 46.0 Å². The average Bonchev–Trinajstić information content (AvgIpc) is 2.98. The molecular formula is C21H24N2O2. The molecule has 3 aromatic rings. The highest BCUT2D eigenvalue weighted by molar-refractivity contribution is 6.04. The van der Waals surface area contributed by atoms with Gasteiger partial charge in [-0.05, 0) is 35.2 Å². The maximum Gasteiger partial charge on any atom is 0.255 e. The van der Waals surface area contributed by atoms with Gasteiger partial charge >= 0.3 is 0 Å². The molecule has 4 nitrogen and oxygen atoms in total. The Morgan fingerprint density at radius 1 is 1.08 bits per heavy atom. The van der Waals surface area contributed by atoms with Crippen molar-refractivity contribution in [3.8, 4) is 0 Å². The number of anilines is 1. The number of hydrogen-bond acceptors (Lipinski definition) is 3. The molecule has 0 bridgehead atoms. The molecule has 0 aliphatic carbocycles. The van der Waals surface area contributed by atoms with E-state index in [0.29, 0.717) is 22.7 Å². The number of hydrogen-bond donors (Lipinski definition) is 1. The molecule has 25 heavy (non-hydrogen) atoms. The summed E-state index contributed by atoms with van der Waals surface area (Å²) in [5.74, 6) is 0.798. The lowest BCUT2D eigenvalue weighted by Crippen LogP contribution is -2.14. The van der Waals surface area contributed by atoms with Gasteiger partial charge in [0.2, 0.25) is 0 Å². The van der Waals surface area contributed by atoms with Crippen LogP contribution in [0.2, 0.25) is 0 Å². The molecule has 0 aliphatic rings. The number of benzene rings is 2. The highest BCUT2D eigenvalue weighted by Gasteiger charge is 2.15. The van der Waals surface area contributed by atoms with E-state index in [1.807, 2.05) is 56.3 Å². The van der Waals surface area contributed by atoms with Crippen molar-refractivity contribution in [1.29, 1.82) is 0 Å². The van der Waals surface area contributed by atoms with Crippen LogP contribution in [-0.4, -0.2) is 10.9 Å². The van der Waals surface area contributed by atoms with E-state index in [9.17, 15) is 4.79 Å². The summed E-state index contributed by atoms with van der Waals surface area (Å²) in [6, 6.07) is 13.3. The van der Waals surface area contributed by atoms with E-state index in [1.54, 1.807) is 0 Å². The fraction of sp³-hybridized carbons (Fsp3) is 0.333. The van der Waals surface area contributed by atoms with Gasteiger partial charge in [-0.3, -0.25) is 4.79 Å². The fourth-order valence-electron chi connectivity index (χ4n) is 2.59. The van der Waals surface area contributed by atoms with Crippen LogP contribution >= 0.6 is 0 Å². The average molecular weight is 336 g/mol. The number of fused-ring (bicyclic) bond motifs is 1. The van der Waals surface area contributed by atoms with Crippen molar-refractivity contribution in [3.63, 3.8) is 0 Å². The third-order valence-electron chi connectivity index (χ3n) is 4.17. The standard InChI is InChI=1S/C21H24N2O2/c1-13(2)20-23-17-11-10-16(12-18(17)25-20)22-19(24)14-6-8-15(9-7-14)21(3,4)5/h6-13H,1-5H3,(H,22,24). The molecule has 0 saturated carbocycles. The number of carbonyl (C=O) groups is 1. The van der Waals surface area contributed by atoms with Crippen molar-refractivity contribution in [3.05, 3.63) is 59.5 Å². The van der Waals surface area contributed by atoms with Gasteiger partial charge in [0.15, 0.2) is 11.5 Å². The van der Waals surface area contributed by atoms with Gasteiger partial charge in [0.05, 0.1) is 0 Å². The Morgan fingerprint density at radius 2 is 1.76 bits per heavy atom. The second kappa shape index (κ2) is 6.36. The summed E-state index contributed by atoms with van der Waals surface area (Å²) in [7, 11) is 0. The Balaban J connectivity index is 1.79. The van der Waals surface area contributed by atoms with Crippen LogP contribution in [0.15, 0.2) is 46.9 Å². The lowest BCUT2D eigenvalue weighted by molar-refractivity contribution is 0.102. The lowest BCUT2D eigenvalue weighted by Gasteiger charge is -2.19. The maximum absolute atomic E-state index is 12.5. The first-order valence-corrected chi connectivity index (χ1v) is 8.56. The zero-order valence-electron chi connectivity index (χ0n) is 15.4. The fourth-order valence-corrected chi connectivity index (χ4v) is 2.59. The van der Waals surface area contributed by atoms with Gasteiger partial charge in [-0.15, -0.1) is 0 Å². The molecule has 1 amide bonds. The lowest BCUT2D eigenvalue weighted by atomic mass is 9.87. The minimum atomic E-state index is -0.136. The highest BCUT2D eigenvalue weighted by atomic mass is 16.3. The second-order valence-corrected chi connectivity index (χ2v) is 7.67. The molecule has 3 rings (SSSR count). The molecule has 1 N–H and O–H groups in total. The van der Waals surface area contributed by atoms with Crippen LogP contribution in [0.1, 0.15) is 62.3 Å². The smallest absolute Gasteiger partial charge is 0.255 e. The molecule has 4 heteroatoms. The van der Waals surface area contributed by atoms with Crippen LogP contribution in [0.4, 0.5) is 5.69 Å². The minimum absolute atomic E-state index is 0.0699. The molecule has 0 radical (unpaired) electrons. The zero-order chi connectivity index (χ0) is 18.2. The Labute approximate surface area is 148 Å². The van der Waals surface area contributed by atoms with E-state index in [-0.39, 0.29) is 17.2 Å². The number of nitrogens with one attached hydrogen (secondary N) is 1. The third-order valence-corrected chi connectivity index (χ3v) is 4.17. The SMILES string of the molecule is CC(C)c1nc2ccc(NC(=O)c3ccc(C(C)(C)C)cc3)cc2o1. The summed E-state index contributed by atoms with van der Waals surface area (Å²) >= 11 is 0. The Kier molecular flexibility index (Phi) is 4.38. The van der Waals surface area contributed by atoms with Gasteiger partial charge in [-0.2, -0.15) is 0 Å². The molecule has 1 aromatic heterocycles. The molecular weight excluding hydrogens is 312 g/mol. The van der Waals surface area contributed by atoms with Gasteiger partial charge in [-0.25, -0.2) is 4.98 Å². The maximum atomic E-state index is 12.5. The Bertz CT molecular complexity index is 900. The minimum Gasteiger partial charge on any atom is -0.440 e. The summed E-state index contributed by atoms with van der Waals surface area (Å²) < 4.78 is 5.75. The van der Waals surface area contributed by atoms with E-state index in [2.05, 4.69) is 31.1 Å². The van der Waals surface area contributed by atoms with E-state index < -0.39 is 0 Å². The van der Waals surface area contributed by atoms with Crippen LogP contribution < -0.4 is 5.32 Å². The van der Waals surface area contributed by atoms with Gasteiger partial charge < -0.3 is 9.73 Å². The summed E-state index contributed by atoms with van der Waals surface area (Å²) in [6.07, 6.45) is 0. The molecule has 0 saturated heterocycles. The van der Waals surface area contributed by atoms with Crippen LogP contribution in [0, 0.1) is 0 Å². The largest absolute Gasteiger partial charge is 0.440 e. The molecule has 0 aliphatic heterocycles. The third kappa shape index (κ3) is 3.73. The number of carbonyl (C=O) groups excluding carboxylic acids is 1. The second-order valence-electron chi connectivity index (χ2n) is 7.67. The van der Waals surface area contributed by atoms with Gasteiger partial charge in [0, 0.05) is 23.2 Å². The topological polar surface area (TPSA) is 55.1 Å². The van der Waals surface area contributed by atoms with E-state index in [1.165, 1.54) is 5.56 Å². The number of amides is 1. The van der Waals surface area contributed by atoms with Crippen LogP contribution in [0.5, 0.6) is 0 Å². The van der Waals surface area contributed by atoms with E-state index in [4.69, 9.17) is 4.42 Å². The molecule has 2 aromatic carbocycles. The monoisotopic (exact) mass is 336 g/mol. The van der Waals surface area contributed by atoms with Gasteiger partial charge in [0.25, 0.3) is 5.91 Å². The predicted molar refractivity (Wildman–Crippen MR) is 101 cm³/mol. The number of oxazole rings is 1. The zero-order valence-corrected chi connectivity index (χ0v) is 15.4. The van der Waals surface area contributed by atoms with Crippen molar-refractivity contribution >= 4 is 22.7 Å². The van der Waals surface area contributed by atoms with Gasteiger partial charge in [0.1, 0.15) is 5.52 Å². The predicted octanol–water partition coefficient (Wildman–Crippen LogP) is 5.50. The first-order valence-electron chi connectivity index (χ1n) is 8.56. The van der Waals surface area contributed by atoms with Crippen LogP contribution in [-0.2, 0) is 5.41 Å². The molecule has 0 fully saturated rings. The Morgan fingerprint density at radius 3 is 2.36 bits per heavy atom. The molecule has 1 heterocycles. The quantitative estimate of drug-likeness (QED) is 0.687. The molecule has 0 atom stereocenters. The first-order chi connectivity index (χ1) is 11.7. The molecule has 0 unspecified atom stereocenters. The van der Waals surface area contributed by atoms with Crippen molar-refractivity contribution in [1.82, 2.24) is 4.98 Å². The summed E-state index contributed by atoms with van der Waals surface area (Å²) in [6.45, 7) is 10.5. The first kappa shape index (κ1) is 17.2. The van der Waals surface area contributed by atoms with Crippen LogP contribution in [0.25, 0.3) is 11.1 Å². The number of rotatable bonds is 3. The molecule has 130 valence electrons. The van der Waals surface area contributed by atoms with Crippen molar-refractivity contribution < 1.29 is 9.21 Å². The van der Waals surface area contributed by atoms with Crippen molar-refractivity contribution in [2.24, 2.45) is 0 Å². The number of nitrogens with zero attached hydrogens (tertiary/aromatic N) is 1. The summed E-state index contributed by atoms with van der Waals surface area (Å²) in [5.41, 5.74) is 4.09. The normalized spacial score (nSPS) is 11.9. The number of aromatic nitrogens is 1. The summed E-state index contributed by atoms with van der Waals surface area (Å²) in [4.78, 5) is 16.9. The highest BCUT2D eigenvalue weighted by Crippen LogP contribution is 2.25. The van der Waals surface area contributed by atoms with E-state index in [0.717, 1.165) is 5.52 Å². The van der Waals surface area contributed by atoms with Gasteiger partial charge in [-0.1, -0.05) is 46.8 Å². The molecule has 0 spiro atoms. The van der Waals surface area contributed by atoms with Crippen molar-refractivity contribution in [2.75, 3.05) is 5.32 Å². The van der Waals surface area contributed by atoms with E-state index >= 15 is 0 Å². The Hall–Kier alpha value is -2.62. The summed E-state index contributed by atoms with van der Waals surface area (Å²) in [5, 5.41) is 2.92.